The van der Waals surface area contributed by atoms with Crippen LogP contribution in [0.1, 0.15) is 106 Å². The van der Waals surface area contributed by atoms with Crippen molar-refractivity contribution in [3.05, 3.63) is 0 Å². The monoisotopic (exact) mass is 403 g/mol. The Bertz CT molecular complexity index is 567. The van der Waals surface area contributed by atoms with E-state index in [-0.39, 0.29) is 0 Å². The van der Waals surface area contributed by atoms with Gasteiger partial charge < -0.3 is 0 Å². The van der Waals surface area contributed by atoms with Crippen LogP contribution < -0.4 is 0 Å². The normalized spacial score (nSPS) is 46.7. The van der Waals surface area contributed by atoms with Crippen LogP contribution >= 0.6 is 7.92 Å². The molecule has 4 fully saturated rings. The second kappa shape index (κ2) is 8.96. The van der Waals surface area contributed by atoms with E-state index in [1.807, 2.05) is 13.8 Å². The lowest BCUT2D eigenvalue weighted by molar-refractivity contribution is -0.110. The first-order valence-corrected chi connectivity index (χ1v) is 14.2. The SMILES string of the molecule is CC.CCP(C#N)C(C)C1CCC2C3CCC4CCCCC4(C)C3CCC21C. The van der Waals surface area contributed by atoms with Gasteiger partial charge in [0.1, 0.15) is 0 Å². The summed E-state index contributed by atoms with van der Waals surface area (Å²) in [5.41, 5.74) is 1.84. The molecule has 0 spiro atoms. The molecule has 4 rings (SSSR count). The van der Waals surface area contributed by atoms with Crippen molar-refractivity contribution >= 4 is 7.92 Å². The van der Waals surface area contributed by atoms with E-state index in [1.165, 1.54) is 64.2 Å². The van der Waals surface area contributed by atoms with Crippen molar-refractivity contribution in [3.8, 4) is 5.81 Å². The molecule has 4 aliphatic rings. The first-order valence-electron chi connectivity index (χ1n) is 12.6. The quantitative estimate of drug-likeness (QED) is 0.434. The Kier molecular flexibility index (Phi) is 7.24. The summed E-state index contributed by atoms with van der Waals surface area (Å²) in [4.78, 5) is 0. The van der Waals surface area contributed by atoms with Gasteiger partial charge in [0.25, 0.3) is 0 Å². The van der Waals surface area contributed by atoms with Gasteiger partial charge in [-0.2, -0.15) is 5.26 Å². The van der Waals surface area contributed by atoms with Crippen LogP contribution in [-0.4, -0.2) is 11.8 Å². The lowest BCUT2D eigenvalue weighted by Crippen LogP contribution is -2.53. The molecule has 2 heteroatoms. The van der Waals surface area contributed by atoms with Gasteiger partial charge in [-0.25, -0.2) is 0 Å². The Labute approximate surface area is 177 Å². The van der Waals surface area contributed by atoms with Gasteiger partial charge in [0, 0.05) is 7.92 Å². The van der Waals surface area contributed by atoms with Gasteiger partial charge in [0.2, 0.25) is 0 Å². The minimum absolute atomic E-state index is 0.429. The van der Waals surface area contributed by atoms with E-state index in [2.05, 4.69) is 33.5 Å². The molecule has 0 radical (unpaired) electrons. The molecule has 0 aromatic carbocycles. The third kappa shape index (κ3) is 3.49. The molecule has 160 valence electrons. The Balaban J connectivity index is 0.00000109. The Morgan fingerprint density at radius 2 is 1.64 bits per heavy atom. The van der Waals surface area contributed by atoms with Crippen LogP contribution in [0.5, 0.6) is 0 Å². The van der Waals surface area contributed by atoms with Crippen LogP contribution in [0, 0.1) is 51.5 Å². The molecule has 0 bridgehead atoms. The Hall–Kier alpha value is -0.0800. The standard InChI is InChI=1S/C24H40NP.C2H6/c1-5-26(16-25)17(2)20-11-12-21-19-10-9-18-8-6-7-14-23(18,3)22(19)13-15-24(20,21)4;1-2/h17-22H,5-15H2,1-4H3;1-2H3. The minimum atomic E-state index is -0.429. The maximum absolute atomic E-state index is 9.67. The van der Waals surface area contributed by atoms with Gasteiger partial charge in [0.15, 0.2) is 0 Å². The maximum Gasteiger partial charge on any atom is 0.0874 e. The number of nitrogens with zero attached hydrogens (tertiary/aromatic N) is 1. The second-order valence-electron chi connectivity index (χ2n) is 10.8. The first kappa shape index (κ1) is 22.6. The van der Waals surface area contributed by atoms with Crippen LogP contribution in [0.25, 0.3) is 0 Å². The fraction of sp³-hybridized carbons (Fsp3) is 0.962. The number of nitriles is 1. The molecule has 0 aromatic rings. The molecular weight excluding hydrogens is 357 g/mol. The number of fused-ring (bicyclic) bond motifs is 5. The van der Waals surface area contributed by atoms with E-state index in [1.54, 1.807) is 0 Å². The summed E-state index contributed by atoms with van der Waals surface area (Å²) >= 11 is 0. The molecule has 4 saturated carbocycles. The summed E-state index contributed by atoms with van der Waals surface area (Å²) < 4.78 is 0. The van der Waals surface area contributed by atoms with Crippen LogP contribution in [0.15, 0.2) is 0 Å². The third-order valence-corrected chi connectivity index (χ3v) is 12.5. The van der Waals surface area contributed by atoms with Crippen LogP contribution in [0.2, 0.25) is 0 Å². The molecule has 9 unspecified atom stereocenters. The van der Waals surface area contributed by atoms with Gasteiger partial charge in [0.05, 0.1) is 5.81 Å². The van der Waals surface area contributed by atoms with Crippen LogP contribution in [0.4, 0.5) is 0 Å². The van der Waals surface area contributed by atoms with Gasteiger partial charge in [-0.15, -0.1) is 0 Å². The molecule has 0 amide bonds. The molecule has 0 aromatic heterocycles. The summed E-state index contributed by atoms with van der Waals surface area (Å²) in [6.07, 6.45) is 16.0. The summed E-state index contributed by atoms with van der Waals surface area (Å²) in [7, 11) is -0.429. The van der Waals surface area contributed by atoms with Crippen LogP contribution in [-0.2, 0) is 0 Å². The van der Waals surface area contributed by atoms with E-state index in [4.69, 9.17) is 0 Å². The Morgan fingerprint density at radius 3 is 2.32 bits per heavy atom. The van der Waals surface area contributed by atoms with E-state index >= 15 is 0 Å². The van der Waals surface area contributed by atoms with Crippen molar-refractivity contribution in [1.29, 1.82) is 5.26 Å². The lowest BCUT2D eigenvalue weighted by atomic mass is 9.45. The molecule has 0 heterocycles. The highest BCUT2D eigenvalue weighted by Crippen LogP contribution is 2.69. The zero-order valence-electron chi connectivity index (χ0n) is 19.6. The molecule has 28 heavy (non-hydrogen) atoms. The average molecular weight is 404 g/mol. The maximum atomic E-state index is 9.67. The topological polar surface area (TPSA) is 23.8 Å². The van der Waals surface area contributed by atoms with Gasteiger partial charge in [-0.1, -0.05) is 54.4 Å². The largest absolute Gasteiger partial charge is 0.193 e. The molecule has 4 aliphatic carbocycles. The van der Waals surface area contributed by atoms with Gasteiger partial charge in [-0.05, 0) is 104 Å². The predicted octanol–water partition coefficient (Wildman–Crippen LogP) is 8.43. The highest BCUT2D eigenvalue weighted by atomic mass is 31.1. The Morgan fingerprint density at radius 1 is 0.929 bits per heavy atom. The molecule has 0 saturated heterocycles. The summed E-state index contributed by atoms with van der Waals surface area (Å²) in [5, 5.41) is 9.67. The summed E-state index contributed by atoms with van der Waals surface area (Å²) in [6, 6.07) is 0. The predicted molar refractivity (Wildman–Crippen MR) is 124 cm³/mol. The van der Waals surface area contributed by atoms with E-state index in [0.717, 1.165) is 35.8 Å². The van der Waals surface area contributed by atoms with Crippen molar-refractivity contribution in [1.82, 2.24) is 0 Å². The summed E-state index contributed by atoms with van der Waals surface area (Å²) in [6.45, 7) is 14.0. The second-order valence-corrected chi connectivity index (χ2v) is 13.3. The first-order chi connectivity index (χ1) is 13.5. The van der Waals surface area contributed by atoms with Gasteiger partial charge in [-0.3, -0.25) is 0 Å². The smallest absolute Gasteiger partial charge is 0.0874 e. The fourth-order valence-corrected chi connectivity index (χ4v) is 10.6. The molecule has 0 N–H and O–H groups in total. The van der Waals surface area contributed by atoms with Gasteiger partial charge >= 0.3 is 0 Å². The van der Waals surface area contributed by atoms with Crippen LogP contribution in [0.3, 0.4) is 0 Å². The molecule has 0 aliphatic heterocycles. The zero-order valence-corrected chi connectivity index (χ0v) is 20.5. The summed E-state index contributed by atoms with van der Waals surface area (Å²) in [5.74, 6) is 7.52. The molecule has 1 nitrogen and oxygen atoms in total. The average Bonchev–Trinajstić information content (AvgIpc) is 3.07. The highest BCUT2D eigenvalue weighted by Gasteiger charge is 2.60. The zero-order chi connectivity index (χ0) is 20.5. The third-order valence-electron chi connectivity index (χ3n) is 10.2. The number of rotatable bonds is 3. The number of hydrogen-bond donors (Lipinski definition) is 0. The van der Waals surface area contributed by atoms with Crippen molar-refractivity contribution in [2.24, 2.45) is 40.4 Å². The van der Waals surface area contributed by atoms with Crippen molar-refractivity contribution in [2.45, 2.75) is 111 Å². The van der Waals surface area contributed by atoms with E-state index < -0.39 is 7.92 Å². The van der Waals surface area contributed by atoms with E-state index in [0.29, 0.717) is 16.5 Å². The van der Waals surface area contributed by atoms with Crippen molar-refractivity contribution < 1.29 is 0 Å². The molecular formula is C26H46NP. The lowest BCUT2D eigenvalue weighted by Gasteiger charge is -2.61. The van der Waals surface area contributed by atoms with E-state index in [9.17, 15) is 5.26 Å². The van der Waals surface area contributed by atoms with Crippen molar-refractivity contribution in [3.63, 3.8) is 0 Å². The van der Waals surface area contributed by atoms with Crippen molar-refractivity contribution in [2.75, 3.05) is 6.16 Å². The highest BCUT2D eigenvalue weighted by molar-refractivity contribution is 7.63. The number of hydrogen-bond acceptors (Lipinski definition) is 1. The fourth-order valence-electron chi connectivity index (χ4n) is 8.80. The molecule has 9 atom stereocenters. The minimum Gasteiger partial charge on any atom is -0.193 e.